The monoisotopic (exact) mass is 314 g/mol. The van der Waals surface area contributed by atoms with Crippen molar-refractivity contribution < 1.29 is 17.9 Å². The molecule has 4 nitrogen and oxygen atoms in total. The first-order valence-electron chi connectivity index (χ1n) is 3.76. The highest BCUT2D eigenvalue weighted by Crippen LogP contribution is 2.36. The Morgan fingerprint density at radius 1 is 1.20 bits per heavy atom. The van der Waals surface area contributed by atoms with Gasteiger partial charge in [-0.05, 0) is 22.0 Å². The van der Waals surface area contributed by atoms with Gasteiger partial charge in [0.2, 0.25) is 0 Å². The summed E-state index contributed by atoms with van der Waals surface area (Å²) in [4.78, 5) is -0.119. The lowest BCUT2D eigenvalue weighted by Gasteiger charge is -2.09. The molecular weight excluding hydrogens is 308 g/mol. The summed E-state index contributed by atoms with van der Waals surface area (Å²) >= 11 is 3.21. The maximum absolute atomic E-state index is 11.2. The van der Waals surface area contributed by atoms with Gasteiger partial charge in [-0.15, -0.1) is 0 Å². The van der Waals surface area contributed by atoms with Gasteiger partial charge in [0.15, 0.2) is 0 Å². The standard InChI is InChI=1S/C8H8BrClO4S/c1-13-6-4-8(15(10,11)12)7(14-2)3-5(6)9/h3-4H,1-2H3. The Morgan fingerprint density at radius 3 is 2.13 bits per heavy atom. The summed E-state index contributed by atoms with van der Waals surface area (Å²) in [7, 11) is 4.19. The van der Waals surface area contributed by atoms with E-state index in [2.05, 4.69) is 15.9 Å². The normalized spacial score (nSPS) is 11.2. The summed E-state index contributed by atoms with van der Waals surface area (Å²) in [5.74, 6) is 0.535. The van der Waals surface area contributed by atoms with E-state index < -0.39 is 9.05 Å². The fourth-order valence-corrected chi connectivity index (χ4v) is 2.50. The number of methoxy groups -OCH3 is 2. The molecular formula is C8H8BrClO4S. The van der Waals surface area contributed by atoms with E-state index in [1.165, 1.54) is 26.4 Å². The van der Waals surface area contributed by atoms with Gasteiger partial charge >= 0.3 is 0 Å². The predicted octanol–water partition coefficient (Wildman–Crippen LogP) is 2.39. The van der Waals surface area contributed by atoms with Crippen molar-refractivity contribution in [1.82, 2.24) is 0 Å². The third-order valence-electron chi connectivity index (χ3n) is 1.70. The summed E-state index contributed by atoms with van der Waals surface area (Å²) in [5, 5.41) is 0. The minimum absolute atomic E-state index is 0.119. The van der Waals surface area contributed by atoms with Crippen molar-refractivity contribution in [2.75, 3.05) is 14.2 Å². The van der Waals surface area contributed by atoms with Crippen LogP contribution in [-0.4, -0.2) is 22.6 Å². The van der Waals surface area contributed by atoms with Crippen LogP contribution >= 0.6 is 26.6 Å². The number of benzene rings is 1. The van der Waals surface area contributed by atoms with Crippen LogP contribution in [0.5, 0.6) is 11.5 Å². The van der Waals surface area contributed by atoms with E-state index in [0.29, 0.717) is 10.2 Å². The van der Waals surface area contributed by atoms with Gasteiger partial charge in [0.1, 0.15) is 16.4 Å². The number of halogens is 2. The van der Waals surface area contributed by atoms with Gasteiger partial charge in [0, 0.05) is 16.7 Å². The van der Waals surface area contributed by atoms with Gasteiger partial charge in [0.25, 0.3) is 9.05 Å². The Labute approximate surface area is 101 Å². The van der Waals surface area contributed by atoms with Crippen LogP contribution in [0.2, 0.25) is 0 Å². The van der Waals surface area contributed by atoms with Crippen molar-refractivity contribution >= 4 is 35.7 Å². The number of hydrogen-bond donors (Lipinski definition) is 0. The minimum Gasteiger partial charge on any atom is -0.496 e. The molecule has 0 heterocycles. The van der Waals surface area contributed by atoms with Crippen LogP contribution < -0.4 is 9.47 Å². The highest BCUT2D eigenvalue weighted by molar-refractivity contribution is 9.10. The topological polar surface area (TPSA) is 52.6 Å². The third kappa shape index (κ3) is 2.76. The fourth-order valence-electron chi connectivity index (χ4n) is 1.02. The molecule has 15 heavy (non-hydrogen) atoms. The molecule has 84 valence electrons. The second-order valence-corrected chi connectivity index (χ2v) is 5.96. The van der Waals surface area contributed by atoms with Crippen LogP contribution in [0.4, 0.5) is 0 Å². The van der Waals surface area contributed by atoms with E-state index in [0.717, 1.165) is 0 Å². The van der Waals surface area contributed by atoms with Gasteiger partial charge < -0.3 is 9.47 Å². The maximum atomic E-state index is 11.2. The van der Waals surface area contributed by atoms with Crippen molar-refractivity contribution in [3.05, 3.63) is 16.6 Å². The van der Waals surface area contributed by atoms with Crippen LogP contribution in [-0.2, 0) is 9.05 Å². The summed E-state index contributed by atoms with van der Waals surface area (Å²) in [6.45, 7) is 0. The third-order valence-corrected chi connectivity index (χ3v) is 3.66. The average Bonchev–Trinajstić information content (AvgIpc) is 2.15. The average molecular weight is 316 g/mol. The molecule has 0 fully saturated rings. The molecule has 1 aromatic rings. The lowest BCUT2D eigenvalue weighted by molar-refractivity contribution is 0.391. The summed E-state index contributed by atoms with van der Waals surface area (Å²) < 4.78 is 32.9. The zero-order chi connectivity index (χ0) is 11.6. The smallest absolute Gasteiger partial charge is 0.265 e. The highest BCUT2D eigenvalue weighted by atomic mass is 79.9. The summed E-state index contributed by atoms with van der Waals surface area (Å²) in [6.07, 6.45) is 0. The van der Waals surface area contributed by atoms with E-state index in [1.54, 1.807) is 0 Å². The van der Waals surface area contributed by atoms with Crippen molar-refractivity contribution in [2.45, 2.75) is 4.90 Å². The van der Waals surface area contributed by atoms with Gasteiger partial charge in [-0.25, -0.2) is 8.42 Å². The Bertz CT molecular complexity index is 472. The van der Waals surface area contributed by atoms with E-state index in [1.807, 2.05) is 0 Å². The molecule has 0 spiro atoms. The zero-order valence-electron chi connectivity index (χ0n) is 7.95. The van der Waals surface area contributed by atoms with Crippen LogP contribution in [0.25, 0.3) is 0 Å². The second kappa shape index (κ2) is 4.59. The highest BCUT2D eigenvalue weighted by Gasteiger charge is 2.19. The fraction of sp³-hybridized carbons (Fsp3) is 0.250. The van der Waals surface area contributed by atoms with Gasteiger partial charge in [0.05, 0.1) is 18.7 Å². The molecule has 0 saturated heterocycles. The van der Waals surface area contributed by atoms with Gasteiger partial charge in [-0.1, -0.05) is 0 Å². The molecule has 0 unspecified atom stereocenters. The van der Waals surface area contributed by atoms with Crippen LogP contribution in [0.15, 0.2) is 21.5 Å². The largest absolute Gasteiger partial charge is 0.496 e. The molecule has 7 heteroatoms. The first-order chi connectivity index (χ1) is 6.90. The van der Waals surface area contributed by atoms with Crippen molar-refractivity contribution in [1.29, 1.82) is 0 Å². The first kappa shape index (κ1) is 12.6. The van der Waals surface area contributed by atoms with Gasteiger partial charge in [-0.2, -0.15) is 0 Å². The first-order valence-corrected chi connectivity index (χ1v) is 6.86. The molecule has 0 amide bonds. The second-order valence-electron chi connectivity index (χ2n) is 2.58. The van der Waals surface area contributed by atoms with Crippen LogP contribution in [0.3, 0.4) is 0 Å². The molecule has 0 aliphatic heterocycles. The number of hydrogen-bond acceptors (Lipinski definition) is 4. The molecule has 0 saturated carbocycles. The molecule has 1 aromatic carbocycles. The minimum atomic E-state index is -3.85. The molecule has 0 bridgehead atoms. The van der Waals surface area contributed by atoms with Crippen LogP contribution in [0.1, 0.15) is 0 Å². The lowest BCUT2D eigenvalue weighted by atomic mass is 10.3. The molecule has 0 aliphatic carbocycles. The van der Waals surface area contributed by atoms with Gasteiger partial charge in [-0.3, -0.25) is 0 Å². The zero-order valence-corrected chi connectivity index (χ0v) is 11.1. The summed E-state index contributed by atoms with van der Waals surface area (Å²) in [6, 6.07) is 2.78. The quantitative estimate of drug-likeness (QED) is 0.804. The summed E-state index contributed by atoms with van der Waals surface area (Å²) in [5.41, 5.74) is 0. The molecule has 1 rings (SSSR count). The van der Waals surface area contributed by atoms with Crippen molar-refractivity contribution in [2.24, 2.45) is 0 Å². The lowest BCUT2D eigenvalue weighted by Crippen LogP contribution is -1.98. The molecule has 0 atom stereocenters. The number of ether oxygens (including phenoxy) is 2. The molecule has 0 aliphatic rings. The Morgan fingerprint density at radius 2 is 1.73 bits per heavy atom. The SMILES string of the molecule is COc1cc(S(=O)(=O)Cl)c(OC)cc1Br. The molecule has 0 N–H and O–H groups in total. The Balaban J connectivity index is 3.49. The molecule has 0 radical (unpaired) electrons. The van der Waals surface area contributed by atoms with E-state index >= 15 is 0 Å². The number of rotatable bonds is 3. The van der Waals surface area contributed by atoms with Crippen LogP contribution in [0, 0.1) is 0 Å². The Kier molecular flexibility index (Phi) is 3.86. The van der Waals surface area contributed by atoms with E-state index in [9.17, 15) is 8.42 Å². The maximum Gasteiger partial charge on any atom is 0.265 e. The van der Waals surface area contributed by atoms with E-state index in [4.69, 9.17) is 20.2 Å². The Hall–Kier alpha value is -0.460. The van der Waals surface area contributed by atoms with Crippen molar-refractivity contribution in [3.8, 4) is 11.5 Å². The van der Waals surface area contributed by atoms with E-state index in [-0.39, 0.29) is 10.6 Å². The van der Waals surface area contributed by atoms with Crippen molar-refractivity contribution in [3.63, 3.8) is 0 Å². The predicted molar refractivity (Wildman–Crippen MR) is 60.3 cm³/mol. The molecule has 0 aromatic heterocycles.